The van der Waals surface area contributed by atoms with Gasteiger partial charge in [0.2, 0.25) is 0 Å². The fourth-order valence-electron chi connectivity index (χ4n) is 2.58. The second-order valence-electron chi connectivity index (χ2n) is 5.45. The molecule has 0 unspecified atom stereocenters. The van der Waals surface area contributed by atoms with E-state index >= 15 is 0 Å². The molecular formula is C15H30N2O2. The van der Waals surface area contributed by atoms with Gasteiger partial charge in [0.25, 0.3) is 0 Å². The molecule has 1 saturated heterocycles. The van der Waals surface area contributed by atoms with Crippen molar-refractivity contribution in [3.63, 3.8) is 0 Å². The smallest absolute Gasteiger partial charge is 0.311 e. The molecule has 0 aliphatic carbocycles. The zero-order valence-electron chi connectivity index (χ0n) is 12.9. The molecule has 1 heterocycles. The Balaban J connectivity index is 2.52. The fourth-order valence-corrected chi connectivity index (χ4v) is 2.58. The summed E-state index contributed by atoms with van der Waals surface area (Å²) in [4.78, 5) is 16.8. The molecule has 112 valence electrons. The van der Waals surface area contributed by atoms with E-state index in [-0.39, 0.29) is 11.9 Å². The van der Waals surface area contributed by atoms with Gasteiger partial charge in [-0.1, -0.05) is 26.7 Å². The molecule has 0 radical (unpaired) electrons. The first kappa shape index (κ1) is 16.4. The number of nitrogens with zero attached hydrogens (tertiary/aromatic N) is 2. The first-order chi connectivity index (χ1) is 9.21. The molecular weight excluding hydrogens is 240 g/mol. The number of hydrogen-bond acceptors (Lipinski definition) is 4. The highest BCUT2D eigenvalue weighted by atomic mass is 16.5. The van der Waals surface area contributed by atoms with E-state index in [0.29, 0.717) is 6.61 Å². The van der Waals surface area contributed by atoms with Gasteiger partial charge in [-0.15, -0.1) is 0 Å². The van der Waals surface area contributed by atoms with Crippen LogP contribution in [0, 0.1) is 5.92 Å². The van der Waals surface area contributed by atoms with Gasteiger partial charge in [0.15, 0.2) is 0 Å². The summed E-state index contributed by atoms with van der Waals surface area (Å²) in [5, 5.41) is 0. The third-order valence-electron chi connectivity index (χ3n) is 3.63. The average Bonchev–Trinajstić information content (AvgIpc) is 2.43. The Kier molecular flexibility index (Phi) is 8.07. The lowest BCUT2D eigenvalue weighted by molar-refractivity contribution is -0.151. The zero-order valence-corrected chi connectivity index (χ0v) is 12.9. The predicted octanol–water partition coefficient (Wildman–Crippen LogP) is 2.34. The number of carbonyl (C=O) groups excluding carboxylic acids is 1. The van der Waals surface area contributed by atoms with E-state index in [1.807, 2.05) is 6.92 Å². The van der Waals surface area contributed by atoms with Gasteiger partial charge in [-0.05, 0) is 32.9 Å². The molecule has 0 amide bonds. The largest absolute Gasteiger partial charge is 0.466 e. The van der Waals surface area contributed by atoms with Crippen molar-refractivity contribution in [3.8, 4) is 0 Å². The number of hydrogen-bond donors (Lipinski definition) is 0. The van der Waals surface area contributed by atoms with Crippen LogP contribution in [0.15, 0.2) is 0 Å². The SMILES string of the molecule is CCCCN1CC(C(=O)OCC)CN(CCCC)C1. The summed E-state index contributed by atoms with van der Waals surface area (Å²) in [7, 11) is 0. The van der Waals surface area contributed by atoms with Gasteiger partial charge in [-0.2, -0.15) is 0 Å². The molecule has 0 atom stereocenters. The molecule has 0 N–H and O–H groups in total. The van der Waals surface area contributed by atoms with E-state index in [0.717, 1.165) is 32.8 Å². The van der Waals surface area contributed by atoms with Crippen molar-refractivity contribution in [1.82, 2.24) is 9.80 Å². The van der Waals surface area contributed by atoms with Gasteiger partial charge in [0.1, 0.15) is 0 Å². The molecule has 0 spiro atoms. The van der Waals surface area contributed by atoms with Crippen LogP contribution < -0.4 is 0 Å². The Labute approximate surface area is 118 Å². The molecule has 19 heavy (non-hydrogen) atoms. The maximum absolute atomic E-state index is 12.0. The van der Waals surface area contributed by atoms with Crippen molar-refractivity contribution in [2.45, 2.75) is 46.5 Å². The lowest BCUT2D eigenvalue weighted by Gasteiger charge is -2.39. The Hall–Kier alpha value is -0.610. The minimum absolute atomic E-state index is 0.0230. The van der Waals surface area contributed by atoms with Gasteiger partial charge in [-0.25, -0.2) is 0 Å². The Morgan fingerprint density at radius 2 is 1.58 bits per heavy atom. The molecule has 0 aromatic heterocycles. The number of carbonyl (C=O) groups is 1. The maximum atomic E-state index is 12.0. The van der Waals surface area contributed by atoms with Crippen LogP contribution in [-0.4, -0.2) is 55.2 Å². The van der Waals surface area contributed by atoms with Crippen LogP contribution in [-0.2, 0) is 9.53 Å². The highest BCUT2D eigenvalue weighted by Gasteiger charge is 2.30. The highest BCUT2D eigenvalue weighted by Crippen LogP contribution is 2.15. The normalized spacial score (nSPS) is 18.7. The third kappa shape index (κ3) is 5.91. The number of esters is 1. The van der Waals surface area contributed by atoms with E-state index in [9.17, 15) is 4.79 Å². The Morgan fingerprint density at radius 3 is 2.00 bits per heavy atom. The topological polar surface area (TPSA) is 32.8 Å². The van der Waals surface area contributed by atoms with Gasteiger partial charge < -0.3 is 4.74 Å². The lowest BCUT2D eigenvalue weighted by atomic mass is 10.1. The average molecular weight is 270 g/mol. The Morgan fingerprint density at radius 1 is 1.05 bits per heavy atom. The van der Waals surface area contributed by atoms with Gasteiger partial charge in [0, 0.05) is 13.1 Å². The molecule has 1 fully saturated rings. The van der Waals surface area contributed by atoms with Crippen molar-refractivity contribution in [3.05, 3.63) is 0 Å². The summed E-state index contributed by atoms with van der Waals surface area (Å²) in [6.45, 7) is 11.7. The summed E-state index contributed by atoms with van der Waals surface area (Å²) >= 11 is 0. The quantitative estimate of drug-likeness (QED) is 0.634. The predicted molar refractivity (Wildman–Crippen MR) is 78.0 cm³/mol. The van der Waals surface area contributed by atoms with Gasteiger partial charge in [-0.3, -0.25) is 14.6 Å². The second kappa shape index (κ2) is 9.32. The van der Waals surface area contributed by atoms with Crippen molar-refractivity contribution < 1.29 is 9.53 Å². The van der Waals surface area contributed by atoms with Crippen LogP contribution in [0.1, 0.15) is 46.5 Å². The van der Waals surface area contributed by atoms with Crippen molar-refractivity contribution in [2.75, 3.05) is 39.5 Å². The molecule has 0 aromatic carbocycles. The van der Waals surface area contributed by atoms with Crippen molar-refractivity contribution in [1.29, 1.82) is 0 Å². The molecule has 4 heteroatoms. The van der Waals surface area contributed by atoms with E-state index in [4.69, 9.17) is 4.74 Å². The molecule has 0 bridgehead atoms. The number of unbranched alkanes of at least 4 members (excludes halogenated alkanes) is 2. The lowest BCUT2D eigenvalue weighted by Crippen LogP contribution is -2.52. The summed E-state index contributed by atoms with van der Waals surface area (Å²) in [5.41, 5.74) is 0. The monoisotopic (exact) mass is 270 g/mol. The standard InChI is InChI=1S/C15H30N2O2/c1-4-7-9-16-11-14(15(18)19-6-3)12-17(13-16)10-8-5-2/h14H,4-13H2,1-3H3. The van der Waals surface area contributed by atoms with Crippen LogP contribution >= 0.6 is 0 Å². The van der Waals surface area contributed by atoms with Crippen LogP contribution in [0.2, 0.25) is 0 Å². The van der Waals surface area contributed by atoms with Crippen molar-refractivity contribution in [2.24, 2.45) is 5.92 Å². The van der Waals surface area contributed by atoms with Crippen LogP contribution in [0.25, 0.3) is 0 Å². The summed E-state index contributed by atoms with van der Waals surface area (Å²) in [5.74, 6) is 0.00705. The molecule has 4 nitrogen and oxygen atoms in total. The van der Waals surface area contributed by atoms with Crippen LogP contribution in [0.4, 0.5) is 0 Å². The molecule has 1 rings (SSSR count). The van der Waals surface area contributed by atoms with Crippen molar-refractivity contribution >= 4 is 5.97 Å². The summed E-state index contributed by atoms with van der Waals surface area (Å²) in [6, 6.07) is 0. The maximum Gasteiger partial charge on any atom is 0.311 e. The second-order valence-corrected chi connectivity index (χ2v) is 5.45. The fraction of sp³-hybridized carbons (Fsp3) is 0.933. The van der Waals surface area contributed by atoms with E-state index in [1.54, 1.807) is 0 Å². The highest BCUT2D eigenvalue weighted by molar-refractivity contribution is 5.73. The number of ether oxygens (including phenoxy) is 1. The molecule has 0 aromatic rings. The van der Waals surface area contributed by atoms with E-state index in [2.05, 4.69) is 23.6 Å². The van der Waals surface area contributed by atoms with Gasteiger partial charge in [0.05, 0.1) is 19.2 Å². The number of rotatable bonds is 8. The third-order valence-corrected chi connectivity index (χ3v) is 3.63. The molecule has 1 aliphatic heterocycles. The van der Waals surface area contributed by atoms with Gasteiger partial charge >= 0.3 is 5.97 Å². The summed E-state index contributed by atoms with van der Waals surface area (Å²) in [6.07, 6.45) is 4.82. The van der Waals surface area contributed by atoms with Crippen LogP contribution in [0.5, 0.6) is 0 Å². The minimum atomic E-state index is -0.0230. The zero-order chi connectivity index (χ0) is 14.1. The Bertz CT molecular complexity index is 243. The first-order valence-electron chi connectivity index (χ1n) is 7.82. The molecule has 1 aliphatic rings. The minimum Gasteiger partial charge on any atom is -0.466 e. The molecule has 0 saturated carbocycles. The van der Waals surface area contributed by atoms with Crippen LogP contribution in [0.3, 0.4) is 0 Å². The first-order valence-corrected chi connectivity index (χ1v) is 7.82. The van der Waals surface area contributed by atoms with E-state index < -0.39 is 0 Å². The summed E-state index contributed by atoms with van der Waals surface area (Å²) < 4.78 is 5.19. The van der Waals surface area contributed by atoms with E-state index in [1.165, 1.54) is 25.7 Å².